The average Bonchev–Trinajstić information content (AvgIpc) is 3.15. The highest BCUT2D eigenvalue weighted by molar-refractivity contribution is 5.60. The topological polar surface area (TPSA) is 69.9 Å². The van der Waals surface area contributed by atoms with Gasteiger partial charge in [-0.2, -0.15) is 9.78 Å². The maximum atomic E-state index is 6.28. The minimum atomic E-state index is 0.448. The van der Waals surface area contributed by atoms with E-state index in [-0.39, 0.29) is 0 Å². The summed E-state index contributed by atoms with van der Waals surface area (Å²) >= 11 is 0. The predicted octanol–water partition coefficient (Wildman–Crippen LogP) is 3.55. The molecule has 0 amide bonds. The van der Waals surface area contributed by atoms with Crippen LogP contribution in [0.25, 0.3) is 17.1 Å². The SMILES string of the molecule is CC1CCCc2c1nn(-c1cc(-c3ccccc3)no1)c2N. The van der Waals surface area contributed by atoms with Gasteiger partial charge in [0.05, 0.1) is 5.69 Å². The maximum Gasteiger partial charge on any atom is 0.254 e. The minimum absolute atomic E-state index is 0.448. The Kier molecular flexibility index (Phi) is 2.99. The van der Waals surface area contributed by atoms with Crippen LogP contribution in [-0.2, 0) is 6.42 Å². The number of benzene rings is 1. The summed E-state index contributed by atoms with van der Waals surface area (Å²) in [6.45, 7) is 2.20. The Morgan fingerprint density at radius 1 is 1.27 bits per heavy atom. The molecule has 4 rings (SSSR count). The van der Waals surface area contributed by atoms with Crippen molar-refractivity contribution in [1.82, 2.24) is 14.9 Å². The first-order valence-corrected chi connectivity index (χ1v) is 7.64. The van der Waals surface area contributed by atoms with Crippen molar-refractivity contribution in [3.8, 4) is 17.1 Å². The van der Waals surface area contributed by atoms with E-state index in [0.29, 0.717) is 17.6 Å². The van der Waals surface area contributed by atoms with Crippen LogP contribution in [0.2, 0.25) is 0 Å². The van der Waals surface area contributed by atoms with Crippen molar-refractivity contribution in [3.63, 3.8) is 0 Å². The maximum absolute atomic E-state index is 6.28. The van der Waals surface area contributed by atoms with Crippen molar-refractivity contribution in [2.45, 2.75) is 32.1 Å². The Morgan fingerprint density at radius 2 is 2.09 bits per heavy atom. The molecule has 5 nitrogen and oxygen atoms in total. The van der Waals surface area contributed by atoms with Crippen LogP contribution in [0.15, 0.2) is 40.9 Å². The fourth-order valence-corrected chi connectivity index (χ4v) is 3.13. The molecule has 0 bridgehead atoms. The van der Waals surface area contributed by atoms with Gasteiger partial charge in [0.2, 0.25) is 0 Å². The van der Waals surface area contributed by atoms with Crippen molar-refractivity contribution in [1.29, 1.82) is 0 Å². The van der Waals surface area contributed by atoms with E-state index in [1.54, 1.807) is 4.68 Å². The van der Waals surface area contributed by atoms with Crippen LogP contribution in [0.5, 0.6) is 0 Å². The summed E-state index contributed by atoms with van der Waals surface area (Å²) in [5, 5.41) is 8.80. The minimum Gasteiger partial charge on any atom is -0.383 e. The fraction of sp³-hybridized carbons (Fsp3) is 0.294. The highest BCUT2D eigenvalue weighted by atomic mass is 16.5. The number of aromatic nitrogens is 3. The molecule has 2 N–H and O–H groups in total. The van der Waals surface area contributed by atoms with Gasteiger partial charge in [-0.25, -0.2) is 0 Å². The Morgan fingerprint density at radius 3 is 2.86 bits per heavy atom. The molecule has 2 aromatic heterocycles. The number of nitrogen functional groups attached to an aromatic ring is 1. The van der Waals surface area contributed by atoms with Crippen molar-refractivity contribution in [2.24, 2.45) is 0 Å². The van der Waals surface area contributed by atoms with E-state index in [2.05, 4.69) is 17.2 Å². The Balaban J connectivity index is 1.76. The van der Waals surface area contributed by atoms with Gasteiger partial charge in [-0.15, -0.1) is 0 Å². The summed E-state index contributed by atoms with van der Waals surface area (Å²) in [5.74, 6) is 1.69. The zero-order chi connectivity index (χ0) is 15.1. The second-order valence-corrected chi connectivity index (χ2v) is 5.87. The van der Waals surface area contributed by atoms with Crippen LogP contribution in [0, 0.1) is 0 Å². The molecule has 0 radical (unpaired) electrons. The lowest BCUT2D eigenvalue weighted by Gasteiger charge is -2.16. The van der Waals surface area contributed by atoms with Gasteiger partial charge in [-0.3, -0.25) is 0 Å². The highest BCUT2D eigenvalue weighted by Crippen LogP contribution is 2.35. The number of fused-ring (bicyclic) bond motifs is 1. The molecule has 0 saturated heterocycles. The van der Waals surface area contributed by atoms with Gasteiger partial charge in [0.15, 0.2) is 0 Å². The van der Waals surface area contributed by atoms with Crippen molar-refractivity contribution < 1.29 is 4.52 Å². The Labute approximate surface area is 128 Å². The summed E-state index contributed by atoms with van der Waals surface area (Å²) < 4.78 is 7.16. The molecular formula is C17H18N4O. The third-order valence-electron chi connectivity index (χ3n) is 4.36. The van der Waals surface area contributed by atoms with Crippen LogP contribution >= 0.6 is 0 Å². The molecule has 0 spiro atoms. The lowest BCUT2D eigenvalue weighted by Crippen LogP contribution is -2.06. The summed E-state index contributed by atoms with van der Waals surface area (Å²) in [7, 11) is 0. The number of anilines is 1. The number of nitrogens with two attached hydrogens (primary N) is 1. The van der Waals surface area contributed by atoms with Crippen LogP contribution in [-0.4, -0.2) is 14.9 Å². The van der Waals surface area contributed by atoms with Crippen LogP contribution < -0.4 is 5.73 Å². The molecule has 5 heteroatoms. The largest absolute Gasteiger partial charge is 0.383 e. The molecule has 22 heavy (non-hydrogen) atoms. The average molecular weight is 294 g/mol. The van der Waals surface area contributed by atoms with E-state index in [1.807, 2.05) is 36.4 Å². The van der Waals surface area contributed by atoms with E-state index in [9.17, 15) is 0 Å². The van der Waals surface area contributed by atoms with Gasteiger partial charge in [0.25, 0.3) is 5.88 Å². The normalized spacial score (nSPS) is 17.4. The summed E-state index contributed by atoms with van der Waals surface area (Å²) in [4.78, 5) is 0. The molecule has 2 heterocycles. The smallest absolute Gasteiger partial charge is 0.254 e. The van der Waals surface area contributed by atoms with E-state index in [0.717, 1.165) is 41.8 Å². The first kappa shape index (κ1) is 13.1. The standard InChI is InChI=1S/C17H18N4O/c1-11-6-5-9-13-16(11)19-21(17(13)18)15-10-14(20-22-15)12-7-3-2-4-8-12/h2-4,7-8,10-11H,5-6,9,18H2,1H3. The lowest BCUT2D eigenvalue weighted by molar-refractivity contribution is 0.400. The highest BCUT2D eigenvalue weighted by Gasteiger charge is 2.25. The van der Waals surface area contributed by atoms with Gasteiger partial charge in [0, 0.05) is 23.1 Å². The van der Waals surface area contributed by atoms with Gasteiger partial charge >= 0.3 is 0 Å². The molecule has 112 valence electrons. The van der Waals surface area contributed by atoms with E-state index in [4.69, 9.17) is 10.3 Å². The lowest BCUT2D eigenvalue weighted by atomic mass is 9.89. The fourth-order valence-electron chi connectivity index (χ4n) is 3.13. The summed E-state index contributed by atoms with van der Waals surface area (Å²) in [6.07, 6.45) is 3.32. The van der Waals surface area contributed by atoms with E-state index >= 15 is 0 Å². The second kappa shape index (κ2) is 5.02. The predicted molar refractivity (Wildman–Crippen MR) is 84.8 cm³/mol. The zero-order valence-electron chi connectivity index (χ0n) is 12.5. The van der Waals surface area contributed by atoms with Gasteiger partial charge in [-0.1, -0.05) is 42.4 Å². The molecule has 1 aliphatic carbocycles. The van der Waals surface area contributed by atoms with Crippen LogP contribution in [0.3, 0.4) is 0 Å². The first-order chi connectivity index (χ1) is 10.7. The van der Waals surface area contributed by atoms with Crippen molar-refractivity contribution in [3.05, 3.63) is 47.7 Å². The molecule has 0 aliphatic heterocycles. The molecule has 0 fully saturated rings. The van der Waals surface area contributed by atoms with Gasteiger partial charge in [0.1, 0.15) is 11.5 Å². The molecule has 0 saturated carbocycles. The Bertz CT molecular complexity index is 803. The number of hydrogen-bond donors (Lipinski definition) is 1. The van der Waals surface area contributed by atoms with Crippen molar-refractivity contribution >= 4 is 5.82 Å². The van der Waals surface area contributed by atoms with Crippen LogP contribution in [0.1, 0.15) is 36.9 Å². The molecule has 1 atom stereocenters. The molecule has 1 aromatic carbocycles. The number of nitrogens with zero attached hydrogens (tertiary/aromatic N) is 3. The Hall–Kier alpha value is -2.56. The molecule has 3 aromatic rings. The van der Waals surface area contributed by atoms with Crippen molar-refractivity contribution in [2.75, 3.05) is 5.73 Å². The second-order valence-electron chi connectivity index (χ2n) is 5.87. The molecular weight excluding hydrogens is 276 g/mol. The monoisotopic (exact) mass is 294 g/mol. The number of hydrogen-bond acceptors (Lipinski definition) is 4. The third-order valence-corrected chi connectivity index (χ3v) is 4.36. The quantitative estimate of drug-likeness (QED) is 0.784. The first-order valence-electron chi connectivity index (χ1n) is 7.64. The summed E-state index contributed by atoms with van der Waals surface area (Å²) in [5.41, 5.74) is 10.3. The number of rotatable bonds is 2. The van der Waals surface area contributed by atoms with Gasteiger partial charge in [-0.05, 0) is 19.3 Å². The van der Waals surface area contributed by atoms with E-state index in [1.165, 1.54) is 0 Å². The third kappa shape index (κ3) is 2.01. The zero-order valence-corrected chi connectivity index (χ0v) is 12.5. The molecule has 1 aliphatic rings. The molecule has 1 unspecified atom stereocenters. The van der Waals surface area contributed by atoms with E-state index < -0.39 is 0 Å². The van der Waals surface area contributed by atoms with Gasteiger partial charge < -0.3 is 10.3 Å². The van der Waals surface area contributed by atoms with Crippen LogP contribution in [0.4, 0.5) is 5.82 Å². The summed E-state index contributed by atoms with van der Waals surface area (Å²) in [6, 6.07) is 11.8.